The molecule has 0 bridgehead atoms. The molecule has 0 heterocycles. The van der Waals surface area contributed by atoms with Crippen molar-refractivity contribution in [3.05, 3.63) is 75.3 Å². The van der Waals surface area contributed by atoms with Crippen LogP contribution in [0.1, 0.15) is 16.7 Å². The van der Waals surface area contributed by atoms with Crippen LogP contribution in [0.15, 0.2) is 48.5 Å². The Labute approximate surface area is 133 Å². The maximum atomic E-state index is 11.8. The lowest BCUT2D eigenvalue weighted by atomic mass is 10.1. The molecule has 0 saturated carbocycles. The summed E-state index contributed by atoms with van der Waals surface area (Å²) in [4.78, 5) is 21.9. The third kappa shape index (κ3) is 4.41. The van der Waals surface area contributed by atoms with E-state index in [1.54, 1.807) is 6.08 Å². The number of nitro groups is 1. The molecule has 0 unspecified atom stereocenters. The van der Waals surface area contributed by atoms with Gasteiger partial charge in [0.25, 0.3) is 5.69 Å². The van der Waals surface area contributed by atoms with Gasteiger partial charge in [0.05, 0.1) is 4.92 Å². The number of nitrogens with one attached hydrogen (secondary N) is 1. The van der Waals surface area contributed by atoms with E-state index in [0.29, 0.717) is 0 Å². The molecule has 0 atom stereocenters. The first kappa shape index (κ1) is 16.2. The van der Waals surface area contributed by atoms with Gasteiger partial charge in [0.15, 0.2) is 0 Å². The lowest BCUT2D eigenvalue weighted by molar-refractivity contribution is -0.385. The van der Waals surface area contributed by atoms with E-state index >= 15 is 0 Å². The van der Waals surface area contributed by atoms with Gasteiger partial charge in [0, 0.05) is 24.8 Å². The zero-order valence-corrected chi connectivity index (χ0v) is 12.5. The van der Waals surface area contributed by atoms with Gasteiger partial charge in [-0.2, -0.15) is 0 Å². The van der Waals surface area contributed by atoms with Crippen LogP contribution >= 0.6 is 0 Å². The Kier molecular flexibility index (Phi) is 5.09. The van der Waals surface area contributed by atoms with Crippen molar-refractivity contribution in [2.45, 2.75) is 13.5 Å². The van der Waals surface area contributed by atoms with Gasteiger partial charge in [-0.3, -0.25) is 14.9 Å². The van der Waals surface area contributed by atoms with Crippen LogP contribution in [0, 0.1) is 17.0 Å². The van der Waals surface area contributed by atoms with Crippen molar-refractivity contribution in [1.29, 1.82) is 0 Å². The molecule has 6 heteroatoms. The van der Waals surface area contributed by atoms with Gasteiger partial charge in [-0.1, -0.05) is 30.3 Å². The Morgan fingerprint density at radius 2 is 2.00 bits per heavy atom. The summed E-state index contributed by atoms with van der Waals surface area (Å²) in [6.45, 7) is 1.88. The SMILES string of the molecule is Cc1ccccc1/C=C/C(=O)NCc1cc([N+](=O)[O-])ccc1[O-]. The van der Waals surface area contributed by atoms with E-state index in [4.69, 9.17) is 0 Å². The molecule has 0 saturated heterocycles. The Bertz CT molecular complexity index is 769. The smallest absolute Gasteiger partial charge is 0.269 e. The number of non-ortho nitro benzene ring substituents is 1. The first-order chi connectivity index (χ1) is 11.0. The summed E-state index contributed by atoms with van der Waals surface area (Å²) in [6, 6.07) is 11.0. The van der Waals surface area contributed by atoms with Crippen molar-refractivity contribution in [3.63, 3.8) is 0 Å². The number of carbonyl (C=O) groups is 1. The zero-order chi connectivity index (χ0) is 16.8. The van der Waals surface area contributed by atoms with Gasteiger partial charge < -0.3 is 10.4 Å². The number of amides is 1. The van der Waals surface area contributed by atoms with Gasteiger partial charge in [-0.05, 0) is 29.7 Å². The molecule has 1 N–H and O–H groups in total. The standard InChI is InChI=1S/C17H16N2O4/c1-12-4-2-3-5-13(12)6-9-17(21)18-11-14-10-15(19(22)23)7-8-16(14)20/h2-10,20H,11H2,1H3,(H,18,21)/p-1/b9-6+. The largest absolute Gasteiger partial charge is 0.872 e. The highest BCUT2D eigenvalue weighted by molar-refractivity contribution is 5.91. The predicted octanol–water partition coefficient (Wildman–Crippen LogP) is 2.31. The zero-order valence-electron chi connectivity index (χ0n) is 12.5. The second-order valence-corrected chi connectivity index (χ2v) is 4.96. The van der Waals surface area contributed by atoms with E-state index in [-0.39, 0.29) is 29.5 Å². The molecule has 0 aliphatic heterocycles. The average molecular weight is 311 g/mol. The highest BCUT2D eigenvalue weighted by Gasteiger charge is 2.07. The lowest BCUT2D eigenvalue weighted by Crippen LogP contribution is -2.21. The quantitative estimate of drug-likeness (QED) is 0.520. The monoisotopic (exact) mass is 311 g/mol. The van der Waals surface area contributed by atoms with E-state index in [2.05, 4.69) is 5.32 Å². The fraction of sp³-hybridized carbons (Fsp3) is 0.118. The average Bonchev–Trinajstić information content (AvgIpc) is 2.53. The maximum Gasteiger partial charge on any atom is 0.269 e. The number of benzene rings is 2. The fourth-order valence-corrected chi connectivity index (χ4v) is 2.00. The molecule has 0 aromatic heterocycles. The lowest BCUT2D eigenvalue weighted by Gasteiger charge is -2.12. The molecule has 1 amide bonds. The predicted molar refractivity (Wildman–Crippen MR) is 84.6 cm³/mol. The Morgan fingerprint density at radius 3 is 2.70 bits per heavy atom. The molecule has 0 spiro atoms. The number of aryl methyl sites for hydroxylation is 1. The van der Waals surface area contributed by atoms with Gasteiger partial charge >= 0.3 is 0 Å². The highest BCUT2D eigenvalue weighted by atomic mass is 16.6. The van der Waals surface area contributed by atoms with Crippen LogP contribution in [0.3, 0.4) is 0 Å². The Balaban J connectivity index is 2.01. The first-order valence-corrected chi connectivity index (χ1v) is 6.93. The summed E-state index contributed by atoms with van der Waals surface area (Å²) in [5, 5.41) is 24.9. The molecular weight excluding hydrogens is 296 g/mol. The Morgan fingerprint density at radius 1 is 1.26 bits per heavy atom. The topological polar surface area (TPSA) is 95.3 Å². The summed E-state index contributed by atoms with van der Waals surface area (Å²) in [5.74, 6) is -0.724. The van der Waals surface area contributed by atoms with E-state index in [1.807, 2.05) is 31.2 Å². The number of carbonyl (C=O) groups excluding carboxylic acids is 1. The molecule has 118 valence electrons. The molecule has 0 aliphatic carbocycles. The minimum absolute atomic E-state index is 0.0581. The fourth-order valence-electron chi connectivity index (χ4n) is 2.00. The molecule has 0 aliphatic rings. The maximum absolute atomic E-state index is 11.8. The van der Waals surface area contributed by atoms with E-state index < -0.39 is 4.92 Å². The Hall–Kier alpha value is -3.15. The van der Waals surface area contributed by atoms with Crippen molar-refractivity contribution in [2.24, 2.45) is 0 Å². The van der Waals surface area contributed by atoms with Crippen LogP contribution in [0.25, 0.3) is 6.08 Å². The molecule has 6 nitrogen and oxygen atoms in total. The number of hydrogen-bond acceptors (Lipinski definition) is 4. The van der Waals surface area contributed by atoms with Gasteiger partial charge in [-0.25, -0.2) is 0 Å². The van der Waals surface area contributed by atoms with Gasteiger partial charge in [-0.15, -0.1) is 5.75 Å². The van der Waals surface area contributed by atoms with Crippen LogP contribution < -0.4 is 10.4 Å². The second-order valence-electron chi connectivity index (χ2n) is 4.96. The number of rotatable bonds is 5. The highest BCUT2D eigenvalue weighted by Crippen LogP contribution is 2.20. The van der Waals surface area contributed by atoms with Crippen LogP contribution in [0.2, 0.25) is 0 Å². The van der Waals surface area contributed by atoms with Crippen LogP contribution in [-0.4, -0.2) is 10.8 Å². The van der Waals surface area contributed by atoms with Crippen LogP contribution in [0.5, 0.6) is 5.75 Å². The van der Waals surface area contributed by atoms with Crippen molar-refractivity contribution >= 4 is 17.7 Å². The molecule has 0 fully saturated rings. The normalized spacial score (nSPS) is 10.7. The second kappa shape index (κ2) is 7.22. The third-order valence-corrected chi connectivity index (χ3v) is 3.31. The van der Waals surface area contributed by atoms with Crippen LogP contribution in [-0.2, 0) is 11.3 Å². The van der Waals surface area contributed by atoms with Crippen molar-refractivity contribution in [1.82, 2.24) is 5.32 Å². The van der Waals surface area contributed by atoms with E-state index in [1.165, 1.54) is 12.1 Å². The van der Waals surface area contributed by atoms with Gasteiger partial charge in [0.1, 0.15) is 0 Å². The summed E-state index contributed by atoms with van der Waals surface area (Å²) in [5.41, 5.74) is 1.96. The van der Waals surface area contributed by atoms with Crippen LogP contribution in [0.4, 0.5) is 5.69 Å². The molecular formula is C17H15N2O4-. The molecule has 0 radical (unpaired) electrons. The summed E-state index contributed by atoms with van der Waals surface area (Å²) in [6.07, 6.45) is 3.04. The van der Waals surface area contributed by atoms with E-state index in [9.17, 15) is 20.0 Å². The number of nitrogens with zero attached hydrogens (tertiary/aromatic N) is 1. The van der Waals surface area contributed by atoms with Gasteiger partial charge in [0.2, 0.25) is 5.91 Å². The minimum atomic E-state index is -0.581. The van der Waals surface area contributed by atoms with E-state index in [0.717, 1.165) is 23.3 Å². The first-order valence-electron chi connectivity index (χ1n) is 6.93. The molecule has 2 aromatic carbocycles. The van der Waals surface area contributed by atoms with Crippen molar-refractivity contribution in [3.8, 4) is 5.75 Å². The summed E-state index contributed by atoms with van der Waals surface area (Å²) >= 11 is 0. The molecule has 2 aromatic rings. The van der Waals surface area contributed by atoms with Crippen molar-refractivity contribution < 1.29 is 14.8 Å². The third-order valence-electron chi connectivity index (χ3n) is 3.31. The summed E-state index contributed by atoms with van der Waals surface area (Å²) < 4.78 is 0. The summed E-state index contributed by atoms with van der Waals surface area (Å²) in [7, 11) is 0. The number of hydrogen-bond donors (Lipinski definition) is 1. The molecule has 2 rings (SSSR count). The van der Waals surface area contributed by atoms with Crippen molar-refractivity contribution in [2.75, 3.05) is 0 Å². The number of nitro benzene ring substituents is 1. The molecule has 23 heavy (non-hydrogen) atoms. The minimum Gasteiger partial charge on any atom is -0.872 e.